The summed E-state index contributed by atoms with van der Waals surface area (Å²) in [6.45, 7) is 7.03. The highest BCUT2D eigenvalue weighted by molar-refractivity contribution is 5.21. The van der Waals surface area contributed by atoms with Crippen LogP contribution in [0.25, 0.3) is 0 Å². The molecule has 0 aliphatic carbocycles. The molecule has 1 N–H and O–H groups in total. The average molecular weight is 290 g/mol. The lowest BCUT2D eigenvalue weighted by Crippen LogP contribution is -2.18. The molecule has 1 heterocycles. The van der Waals surface area contributed by atoms with Crippen LogP contribution in [-0.4, -0.2) is 18.5 Å². The lowest BCUT2D eigenvalue weighted by atomic mass is 10.2. The van der Waals surface area contributed by atoms with Crippen molar-refractivity contribution in [1.82, 2.24) is 10.2 Å². The second-order valence-electron chi connectivity index (χ2n) is 5.34. The summed E-state index contributed by atoms with van der Waals surface area (Å²) in [5.41, 5.74) is 1.87. The van der Waals surface area contributed by atoms with Crippen LogP contribution in [-0.2, 0) is 19.6 Å². The Morgan fingerprint density at radius 3 is 2.62 bits per heavy atom. The van der Waals surface area contributed by atoms with Crippen molar-refractivity contribution in [3.05, 3.63) is 58.8 Å². The van der Waals surface area contributed by atoms with Gasteiger partial charge in [-0.1, -0.05) is 25.1 Å². The van der Waals surface area contributed by atoms with Gasteiger partial charge >= 0.3 is 0 Å². The number of benzene rings is 1. The summed E-state index contributed by atoms with van der Waals surface area (Å²) >= 11 is 0. The van der Waals surface area contributed by atoms with Crippen LogP contribution in [0.1, 0.15) is 29.6 Å². The van der Waals surface area contributed by atoms with Crippen molar-refractivity contribution in [2.24, 2.45) is 0 Å². The van der Waals surface area contributed by atoms with Gasteiger partial charge in [0, 0.05) is 24.2 Å². The lowest BCUT2D eigenvalue weighted by Gasteiger charge is -2.16. The third-order valence-electron chi connectivity index (χ3n) is 3.46. The third kappa shape index (κ3) is 4.41. The third-order valence-corrected chi connectivity index (χ3v) is 3.46. The van der Waals surface area contributed by atoms with E-state index in [4.69, 9.17) is 4.42 Å². The maximum absolute atomic E-state index is 13.7. The Bertz CT molecular complexity index is 580. The second-order valence-corrected chi connectivity index (χ2v) is 5.34. The summed E-state index contributed by atoms with van der Waals surface area (Å²) in [5, 5.41) is 3.25. The van der Waals surface area contributed by atoms with E-state index in [1.807, 2.05) is 26.1 Å². The van der Waals surface area contributed by atoms with Gasteiger partial charge in [-0.3, -0.25) is 4.90 Å². The zero-order valence-corrected chi connectivity index (χ0v) is 12.9. The Labute approximate surface area is 125 Å². The summed E-state index contributed by atoms with van der Waals surface area (Å²) in [5.74, 6) is 1.73. The highest BCUT2D eigenvalue weighted by atomic mass is 19.1. The van der Waals surface area contributed by atoms with E-state index < -0.39 is 0 Å². The van der Waals surface area contributed by atoms with Crippen molar-refractivity contribution < 1.29 is 8.81 Å². The molecule has 2 aromatic rings. The fourth-order valence-corrected chi connectivity index (χ4v) is 2.34. The molecule has 0 saturated heterocycles. The van der Waals surface area contributed by atoms with E-state index in [-0.39, 0.29) is 5.82 Å². The van der Waals surface area contributed by atoms with Crippen molar-refractivity contribution in [2.45, 2.75) is 33.5 Å². The highest BCUT2D eigenvalue weighted by Crippen LogP contribution is 2.18. The largest absolute Gasteiger partial charge is 0.465 e. The Morgan fingerprint density at radius 1 is 1.19 bits per heavy atom. The molecule has 0 saturated carbocycles. The number of rotatable bonds is 7. The van der Waals surface area contributed by atoms with Crippen molar-refractivity contribution in [3.8, 4) is 0 Å². The van der Waals surface area contributed by atoms with Gasteiger partial charge in [0.1, 0.15) is 17.3 Å². The number of hydrogen-bond donors (Lipinski definition) is 1. The molecular weight excluding hydrogens is 267 g/mol. The molecule has 0 fully saturated rings. The number of furan rings is 1. The molecule has 4 heteroatoms. The van der Waals surface area contributed by atoms with Gasteiger partial charge in [0.25, 0.3) is 0 Å². The van der Waals surface area contributed by atoms with Crippen LogP contribution >= 0.6 is 0 Å². The molecule has 0 bridgehead atoms. The van der Waals surface area contributed by atoms with Gasteiger partial charge in [0.2, 0.25) is 0 Å². The standard InChI is InChI=1S/C17H23FN2O/c1-4-19-10-16-9-15(13(2)21-16)12-20(3)11-14-7-5-6-8-17(14)18/h5-9,19H,4,10-12H2,1-3H3. The van der Waals surface area contributed by atoms with Crippen LogP contribution in [0.5, 0.6) is 0 Å². The normalized spacial score (nSPS) is 11.3. The van der Waals surface area contributed by atoms with E-state index in [1.54, 1.807) is 6.07 Å². The molecule has 3 nitrogen and oxygen atoms in total. The van der Waals surface area contributed by atoms with E-state index in [2.05, 4.69) is 23.2 Å². The first-order valence-corrected chi connectivity index (χ1v) is 7.31. The van der Waals surface area contributed by atoms with Crippen molar-refractivity contribution in [1.29, 1.82) is 0 Å². The predicted octanol–water partition coefficient (Wildman–Crippen LogP) is 3.47. The smallest absolute Gasteiger partial charge is 0.127 e. The molecule has 0 spiro atoms. The molecule has 0 aliphatic rings. The van der Waals surface area contributed by atoms with Crippen LogP contribution in [0, 0.1) is 12.7 Å². The zero-order valence-electron chi connectivity index (χ0n) is 12.9. The quantitative estimate of drug-likeness (QED) is 0.846. The fraction of sp³-hybridized carbons (Fsp3) is 0.412. The molecule has 114 valence electrons. The van der Waals surface area contributed by atoms with Crippen LogP contribution < -0.4 is 5.32 Å². The number of hydrogen-bond acceptors (Lipinski definition) is 3. The number of nitrogens with one attached hydrogen (secondary N) is 1. The molecule has 0 radical (unpaired) electrons. The molecule has 0 unspecified atom stereocenters. The van der Waals surface area contributed by atoms with E-state index in [1.165, 1.54) is 6.07 Å². The van der Waals surface area contributed by atoms with Crippen LogP contribution in [0.3, 0.4) is 0 Å². The van der Waals surface area contributed by atoms with Gasteiger partial charge < -0.3 is 9.73 Å². The molecule has 0 atom stereocenters. The number of aryl methyl sites for hydroxylation is 1. The van der Waals surface area contributed by atoms with E-state index in [9.17, 15) is 4.39 Å². The van der Waals surface area contributed by atoms with Gasteiger partial charge in [-0.2, -0.15) is 0 Å². The van der Waals surface area contributed by atoms with Crippen LogP contribution in [0.2, 0.25) is 0 Å². The van der Waals surface area contributed by atoms with E-state index >= 15 is 0 Å². The van der Waals surface area contributed by atoms with Gasteiger partial charge in [-0.15, -0.1) is 0 Å². The maximum Gasteiger partial charge on any atom is 0.127 e. The maximum atomic E-state index is 13.7. The molecule has 0 amide bonds. The highest BCUT2D eigenvalue weighted by Gasteiger charge is 2.11. The SMILES string of the molecule is CCNCc1cc(CN(C)Cc2ccccc2F)c(C)o1. The minimum absolute atomic E-state index is 0.152. The number of nitrogens with zero attached hydrogens (tertiary/aromatic N) is 1. The molecular formula is C17H23FN2O. The summed E-state index contributed by atoms with van der Waals surface area (Å²) < 4.78 is 19.4. The van der Waals surface area contributed by atoms with Crippen LogP contribution in [0.4, 0.5) is 4.39 Å². The first kappa shape index (κ1) is 15.7. The van der Waals surface area contributed by atoms with Crippen molar-refractivity contribution in [3.63, 3.8) is 0 Å². The van der Waals surface area contributed by atoms with E-state index in [0.29, 0.717) is 12.1 Å². The Hall–Kier alpha value is -1.65. The van der Waals surface area contributed by atoms with Gasteiger partial charge in [-0.25, -0.2) is 4.39 Å². The molecule has 2 rings (SSSR count). The second kappa shape index (κ2) is 7.38. The average Bonchev–Trinajstić information content (AvgIpc) is 2.79. The number of halogens is 1. The van der Waals surface area contributed by atoms with Gasteiger partial charge in [-0.05, 0) is 32.6 Å². The topological polar surface area (TPSA) is 28.4 Å². The van der Waals surface area contributed by atoms with E-state index in [0.717, 1.165) is 36.7 Å². The summed E-state index contributed by atoms with van der Waals surface area (Å²) in [4.78, 5) is 2.09. The van der Waals surface area contributed by atoms with Gasteiger partial charge in [0.05, 0.1) is 6.54 Å². The first-order chi connectivity index (χ1) is 10.1. The fourth-order valence-electron chi connectivity index (χ4n) is 2.34. The Morgan fingerprint density at radius 2 is 1.90 bits per heavy atom. The monoisotopic (exact) mass is 290 g/mol. The summed E-state index contributed by atoms with van der Waals surface area (Å²) in [6.07, 6.45) is 0. The van der Waals surface area contributed by atoms with Crippen molar-refractivity contribution >= 4 is 0 Å². The molecule has 1 aromatic carbocycles. The summed E-state index contributed by atoms with van der Waals surface area (Å²) in [7, 11) is 1.99. The first-order valence-electron chi connectivity index (χ1n) is 7.31. The minimum atomic E-state index is -0.152. The zero-order chi connectivity index (χ0) is 15.2. The predicted molar refractivity (Wildman–Crippen MR) is 82.4 cm³/mol. The minimum Gasteiger partial charge on any atom is -0.465 e. The Balaban J connectivity index is 1.98. The Kier molecular flexibility index (Phi) is 5.53. The molecule has 0 aliphatic heterocycles. The van der Waals surface area contributed by atoms with Crippen molar-refractivity contribution in [2.75, 3.05) is 13.6 Å². The van der Waals surface area contributed by atoms with Gasteiger partial charge in [0.15, 0.2) is 0 Å². The summed E-state index contributed by atoms with van der Waals surface area (Å²) in [6, 6.07) is 8.98. The molecule has 21 heavy (non-hydrogen) atoms. The molecule has 1 aromatic heterocycles. The lowest BCUT2D eigenvalue weighted by molar-refractivity contribution is 0.311. The van der Waals surface area contributed by atoms with Crippen LogP contribution in [0.15, 0.2) is 34.7 Å².